The van der Waals surface area contributed by atoms with E-state index < -0.39 is 20.9 Å². The number of likely N-dealkylation sites (tertiary alicyclic amines) is 1. The van der Waals surface area contributed by atoms with Gasteiger partial charge < -0.3 is 9.64 Å². The maximum Gasteiger partial charge on any atom is 0.223 e. The monoisotopic (exact) mass is 396 g/mol. The van der Waals surface area contributed by atoms with Gasteiger partial charge in [-0.2, -0.15) is 4.31 Å². The predicted molar refractivity (Wildman–Crippen MR) is 98.1 cm³/mol. The summed E-state index contributed by atoms with van der Waals surface area (Å²) in [5.41, 5.74) is -0.313. The molecule has 1 spiro atoms. The largest absolute Gasteiger partial charge is 0.365 e. The second-order valence-corrected chi connectivity index (χ2v) is 10.1. The molecule has 148 valence electrons. The number of carbonyl (C=O) groups excluding carboxylic acids is 1. The van der Waals surface area contributed by atoms with Crippen LogP contribution in [-0.2, 0) is 26.0 Å². The Kier molecular flexibility index (Phi) is 4.56. The quantitative estimate of drug-likeness (QED) is 0.775. The fourth-order valence-corrected chi connectivity index (χ4v) is 7.18. The van der Waals surface area contributed by atoms with Gasteiger partial charge in [0.05, 0.1) is 12.6 Å². The Balaban J connectivity index is 1.48. The van der Waals surface area contributed by atoms with Gasteiger partial charge in [0.1, 0.15) is 16.7 Å². The number of fused-ring (bicyclic) bond motifs is 1. The lowest BCUT2D eigenvalue weighted by Gasteiger charge is -2.39. The van der Waals surface area contributed by atoms with Crippen LogP contribution in [0.1, 0.15) is 32.3 Å². The van der Waals surface area contributed by atoms with E-state index in [1.807, 2.05) is 13.8 Å². The van der Waals surface area contributed by atoms with Crippen molar-refractivity contribution < 1.29 is 22.3 Å². The van der Waals surface area contributed by atoms with E-state index in [9.17, 15) is 17.6 Å². The van der Waals surface area contributed by atoms with Gasteiger partial charge >= 0.3 is 0 Å². The fourth-order valence-electron chi connectivity index (χ4n) is 4.66. The van der Waals surface area contributed by atoms with E-state index in [0.717, 1.165) is 0 Å². The highest BCUT2D eigenvalue weighted by molar-refractivity contribution is 7.90. The van der Waals surface area contributed by atoms with Gasteiger partial charge in [0.2, 0.25) is 15.9 Å². The first kappa shape index (κ1) is 18.8. The Morgan fingerprint density at radius 1 is 1.33 bits per heavy atom. The summed E-state index contributed by atoms with van der Waals surface area (Å²) in [6.07, 6.45) is 0.725. The molecule has 1 aromatic carbocycles. The molecule has 3 aliphatic rings. The van der Waals surface area contributed by atoms with Gasteiger partial charge in [0, 0.05) is 25.6 Å². The third-order valence-corrected chi connectivity index (χ3v) is 8.50. The van der Waals surface area contributed by atoms with Crippen LogP contribution in [0, 0.1) is 5.82 Å². The smallest absolute Gasteiger partial charge is 0.223 e. The number of sulfonamides is 1. The van der Waals surface area contributed by atoms with Gasteiger partial charge in [-0.1, -0.05) is 18.2 Å². The van der Waals surface area contributed by atoms with Gasteiger partial charge in [0.25, 0.3) is 0 Å². The van der Waals surface area contributed by atoms with Crippen molar-refractivity contribution in [3.8, 4) is 0 Å². The van der Waals surface area contributed by atoms with Crippen molar-refractivity contribution in [2.75, 3.05) is 19.6 Å². The van der Waals surface area contributed by atoms with Gasteiger partial charge in [-0.3, -0.25) is 4.79 Å². The zero-order chi connectivity index (χ0) is 19.4. The molecule has 3 heterocycles. The number of hydrogen-bond acceptors (Lipinski definition) is 4. The number of rotatable bonds is 4. The van der Waals surface area contributed by atoms with Crippen LogP contribution in [0.5, 0.6) is 0 Å². The highest BCUT2D eigenvalue weighted by Crippen LogP contribution is 2.47. The molecule has 1 aromatic rings. The summed E-state index contributed by atoms with van der Waals surface area (Å²) in [5.74, 6) is -0.382. The average Bonchev–Trinajstić information content (AvgIpc) is 2.99. The number of benzene rings is 1. The van der Waals surface area contributed by atoms with Gasteiger partial charge in [-0.05, 0) is 38.3 Å². The number of ether oxygens (including phenoxy) is 1. The second-order valence-electron chi connectivity index (χ2n) is 8.08. The molecule has 3 aliphatic heterocycles. The third-order valence-electron chi connectivity index (χ3n) is 5.95. The summed E-state index contributed by atoms with van der Waals surface area (Å²) < 4.78 is 47.1. The summed E-state index contributed by atoms with van der Waals surface area (Å²) in [5, 5.41) is -0.582. The fraction of sp³-hybridized carbons (Fsp3) is 0.632. The van der Waals surface area contributed by atoms with Crippen LogP contribution in [0.25, 0.3) is 0 Å². The molecule has 0 aliphatic carbocycles. The van der Waals surface area contributed by atoms with E-state index in [1.165, 1.54) is 10.4 Å². The molecule has 4 rings (SSSR count). The zero-order valence-electron chi connectivity index (χ0n) is 15.6. The van der Waals surface area contributed by atoms with Gasteiger partial charge in [0.15, 0.2) is 0 Å². The molecule has 27 heavy (non-hydrogen) atoms. The first-order valence-electron chi connectivity index (χ1n) is 9.42. The third kappa shape index (κ3) is 3.07. The molecular formula is C19H25FN2O4S. The summed E-state index contributed by atoms with van der Waals surface area (Å²) in [4.78, 5) is 14.5. The Labute approximate surface area is 159 Å². The van der Waals surface area contributed by atoms with Crippen molar-refractivity contribution in [2.24, 2.45) is 0 Å². The molecule has 0 N–H and O–H groups in total. The summed E-state index contributed by atoms with van der Waals surface area (Å²) in [7, 11) is -3.42. The van der Waals surface area contributed by atoms with Crippen molar-refractivity contribution in [1.82, 2.24) is 9.21 Å². The van der Waals surface area contributed by atoms with Crippen molar-refractivity contribution in [1.29, 1.82) is 0 Å². The number of morpholine rings is 1. The van der Waals surface area contributed by atoms with E-state index in [1.54, 1.807) is 23.1 Å². The molecule has 8 heteroatoms. The SMILES string of the molecule is CC(C)N1C[C@@]23CN(C(=O)CCc4ccccc4F)C[C@@H](C[C@@H]2S1(=O)=O)O3. The standard InChI is InChI=1S/C19H25FN2O4S/c1-13(2)22-12-19-11-21(10-15(26-19)9-17(19)27(22,24)25)18(23)8-7-14-5-3-4-6-16(14)20/h3-6,13,15,17H,7-12H2,1-2H3/t15-,17+,19+/m1/s1. The van der Waals surface area contributed by atoms with Crippen LogP contribution >= 0.6 is 0 Å². The highest BCUT2D eigenvalue weighted by Gasteiger charge is 2.65. The van der Waals surface area contributed by atoms with Gasteiger partial charge in [-0.25, -0.2) is 12.8 Å². The first-order valence-corrected chi connectivity index (χ1v) is 10.9. The first-order chi connectivity index (χ1) is 12.7. The van der Waals surface area contributed by atoms with Crippen LogP contribution in [0.2, 0.25) is 0 Å². The minimum absolute atomic E-state index is 0.0769. The van der Waals surface area contributed by atoms with Crippen LogP contribution in [0.15, 0.2) is 24.3 Å². The molecule has 0 unspecified atom stereocenters. The maximum absolute atomic E-state index is 13.8. The molecule has 6 nitrogen and oxygen atoms in total. The minimum atomic E-state index is -3.42. The van der Waals surface area contributed by atoms with Crippen molar-refractivity contribution >= 4 is 15.9 Å². The van der Waals surface area contributed by atoms with Crippen LogP contribution in [0.3, 0.4) is 0 Å². The van der Waals surface area contributed by atoms with Crippen LogP contribution in [0.4, 0.5) is 4.39 Å². The van der Waals surface area contributed by atoms with E-state index in [-0.39, 0.29) is 36.8 Å². The number of hydrogen-bond donors (Lipinski definition) is 0. The van der Waals surface area contributed by atoms with Gasteiger partial charge in [-0.15, -0.1) is 0 Å². The maximum atomic E-state index is 13.8. The number of aryl methyl sites for hydroxylation is 1. The average molecular weight is 396 g/mol. The normalized spacial score (nSPS) is 32.1. The van der Waals surface area contributed by atoms with E-state index >= 15 is 0 Å². The molecule has 0 saturated carbocycles. The number of halogens is 1. The second kappa shape index (κ2) is 6.53. The Morgan fingerprint density at radius 3 is 2.78 bits per heavy atom. The lowest BCUT2D eigenvalue weighted by Crippen LogP contribution is -2.56. The number of amides is 1. The lowest BCUT2D eigenvalue weighted by molar-refractivity contribution is -0.151. The molecule has 1 amide bonds. The van der Waals surface area contributed by atoms with E-state index in [2.05, 4.69) is 0 Å². The van der Waals surface area contributed by atoms with Crippen molar-refractivity contribution in [3.63, 3.8) is 0 Å². The molecular weight excluding hydrogens is 371 g/mol. The van der Waals surface area contributed by atoms with E-state index in [0.29, 0.717) is 31.5 Å². The lowest BCUT2D eigenvalue weighted by atomic mass is 9.98. The molecule has 0 radical (unpaired) electrons. The predicted octanol–water partition coefficient (Wildman–Crippen LogP) is 1.55. The molecule has 3 atom stereocenters. The summed E-state index contributed by atoms with van der Waals surface area (Å²) in [6, 6.07) is 6.32. The molecule has 2 bridgehead atoms. The van der Waals surface area contributed by atoms with E-state index in [4.69, 9.17) is 4.74 Å². The summed E-state index contributed by atoms with van der Waals surface area (Å²) >= 11 is 0. The molecule has 3 fully saturated rings. The molecule has 0 aromatic heterocycles. The summed E-state index contributed by atoms with van der Waals surface area (Å²) in [6.45, 7) is 4.70. The minimum Gasteiger partial charge on any atom is -0.365 e. The van der Waals surface area contributed by atoms with Crippen molar-refractivity contribution in [3.05, 3.63) is 35.6 Å². The Hall–Kier alpha value is -1.51. The Morgan fingerprint density at radius 2 is 2.07 bits per heavy atom. The Bertz CT molecular complexity index is 859. The molecule has 3 saturated heterocycles. The van der Waals surface area contributed by atoms with Crippen molar-refractivity contribution in [2.45, 2.75) is 56.1 Å². The van der Waals surface area contributed by atoms with Crippen LogP contribution < -0.4 is 0 Å². The topological polar surface area (TPSA) is 66.9 Å². The van der Waals surface area contributed by atoms with Crippen LogP contribution in [-0.4, -0.2) is 66.2 Å². The highest BCUT2D eigenvalue weighted by atomic mass is 32.2. The zero-order valence-corrected chi connectivity index (χ0v) is 16.4. The number of nitrogens with zero attached hydrogens (tertiary/aromatic N) is 2. The number of carbonyl (C=O) groups is 1.